The summed E-state index contributed by atoms with van der Waals surface area (Å²) in [7, 11) is 0. The van der Waals surface area contributed by atoms with E-state index in [0.29, 0.717) is 18.6 Å². The number of para-hydroxylation sites is 1. The SMILES string of the molecule is C[C@H]1CN2C[C@H](O)CC2CN1Cc1cn(CC(=O)NCc2ccco2)c2ccccc12. The number of hydrogen-bond donors (Lipinski definition) is 2. The molecule has 3 aromatic rings. The van der Waals surface area contributed by atoms with Crippen LogP contribution in [0, 0.1) is 0 Å². The van der Waals surface area contributed by atoms with Gasteiger partial charge in [-0.3, -0.25) is 14.6 Å². The van der Waals surface area contributed by atoms with Crippen molar-refractivity contribution in [3.8, 4) is 0 Å². The lowest BCUT2D eigenvalue weighted by Gasteiger charge is -2.42. The number of aliphatic hydroxyl groups excluding tert-OH is 1. The maximum absolute atomic E-state index is 12.5. The average molecular weight is 423 g/mol. The van der Waals surface area contributed by atoms with Crippen LogP contribution in [0.25, 0.3) is 10.9 Å². The van der Waals surface area contributed by atoms with Gasteiger partial charge >= 0.3 is 0 Å². The van der Waals surface area contributed by atoms with Gasteiger partial charge in [0.2, 0.25) is 5.91 Å². The fourth-order valence-electron chi connectivity index (χ4n) is 5.10. The van der Waals surface area contributed by atoms with Gasteiger partial charge in [-0.1, -0.05) is 18.2 Å². The Morgan fingerprint density at radius 3 is 2.90 bits per heavy atom. The number of nitrogens with one attached hydrogen (secondary N) is 1. The summed E-state index contributed by atoms with van der Waals surface area (Å²) < 4.78 is 7.34. The Hall–Kier alpha value is -2.61. The van der Waals surface area contributed by atoms with Crippen LogP contribution in [0.3, 0.4) is 0 Å². The second-order valence-corrected chi connectivity index (χ2v) is 8.93. The van der Waals surface area contributed by atoms with Crippen molar-refractivity contribution in [2.24, 2.45) is 0 Å². The van der Waals surface area contributed by atoms with E-state index in [0.717, 1.165) is 43.9 Å². The van der Waals surface area contributed by atoms with E-state index in [4.69, 9.17) is 4.42 Å². The Kier molecular flexibility index (Phi) is 5.56. The Labute approximate surface area is 182 Å². The Balaban J connectivity index is 1.31. The van der Waals surface area contributed by atoms with Gasteiger partial charge in [0.1, 0.15) is 12.3 Å². The van der Waals surface area contributed by atoms with Gasteiger partial charge in [0.15, 0.2) is 0 Å². The molecule has 1 unspecified atom stereocenters. The number of hydrogen-bond acceptors (Lipinski definition) is 5. The molecule has 164 valence electrons. The van der Waals surface area contributed by atoms with Crippen molar-refractivity contribution >= 4 is 16.8 Å². The van der Waals surface area contributed by atoms with E-state index in [2.05, 4.69) is 46.4 Å². The van der Waals surface area contributed by atoms with Crippen LogP contribution < -0.4 is 5.32 Å². The van der Waals surface area contributed by atoms with Gasteiger partial charge < -0.3 is 19.4 Å². The summed E-state index contributed by atoms with van der Waals surface area (Å²) >= 11 is 0. The van der Waals surface area contributed by atoms with Crippen LogP contribution >= 0.6 is 0 Å². The summed E-state index contributed by atoms with van der Waals surface area (Å²) in [5.74, 6) is 0.710. The molecule has 4 heterocycles. The van der Waals surface area contributed by atoms with E-state index in [-0.39, 0.29) is 18.6 Å². The van der Waals surface area contributed by atoms with Crippen molar-refractivity contribution in [3.05, 3.63) is 60.2 Å². The van der Waals surface area contributed by atoms with Crippen LogP contribution in [0.1, 0.15) is 24.7 Å². The van der Waals surface area contributed by atoms with E-state index in [1.807, 2.05) is 22.8 Å². The molecule has 1 amide bonds. The molecule has 0 spiro atoms. The standard InChI is InChI=1S/C24H30N4O3/c1-17-11-27-15-20(29)9-19(27)14-26(17)12-18-13-28(23-7-3-2-6-22(18)23)16-24(30)25-10-21-5-4-8-31-21/h2-8,13,17,19-20,29H,9-12,14-16H2,1H3,(H,25,30)/t17-,19?,20+/m0/s1. The van der Waals surface area contributed by atoms with Crippen molar-refractivity contribution in [2.45, 2.75) is 51.2 Å². The Morgan fingerprint density at radius 2 is 2.06 bits per heavy atom. The molecular formula is C24H30N4O3. The van der Waals surface area contributed by atoms with Gasteiger partial charge in [-0.15, -0.1) is 0 Å². The summed E-state index contributed by atoms with van der Waals surface area (Å²) in [6.45, 7) is 6.56. The first-order chi connectivity index (χ1) is 15.1. The monoisotopic (exact) mass is 422 g/mol. The number of aliphatic hydroxyl groups is 1. The van der Waals surface area contributed by atoms with E-state index in [9.17, 15) is 9.90 Å². The van der Waals surface area contributed by atoms with Crippen LogP contribution in [-0.4, -0.2) is 63.2 Å². The molecule has 1 aromatic carbocycles. The zero-order valence-corrected chi connectivity index (χ0v) is 17.9. The molecule has 2 aromatic heterocycles. The molecule has 2 aliphatic rings. The topological polar surface area (TPSA) is 73.9 Å². The molecule has 5 rings (SSSR count). The van der Waals surface area contributed by atoms with Gasteiger partial charge in [0, 0.05) is 55.4 Å². The molecule has 2 saturated heterocycles. The maximum Gasteiger partial charge on any atom is 0.240 e. The first-order valence-corrected chi connectivity index (χ1v) is 11.1. The highest BCUT2D eigenvalue weighted by atomic mass is 16.3. The van der Waals surface area contributed by atoms with Crippen molar-refractivity contribution in [1.82, 2.24) is 19.7 Å². The zero-order chi connectivity index (χ0) is 21.4. The predicted octanol–water partition coefficient (Wildman–Crippen LogP) is 2.19. The summed E-state index contributed by atoms with van der Waals surface area (Å²) in [6, 6.07) is 12.8. The largest absolute Gasteiger partial charge is 0.467 e. The fourth-order valence-corrected chi connectivity index (χ4v) is 5.10. The van der Waals surface area contributed by atoms with Crippen molar-refractivity contribution in [1.29, 1.82) is 0 Å². The van der Waals surface area contributed by atoms with Crippen LogP contribution in [0.15, 0.2) is 53.3 Å². The number of fused-ring (bicyclic) bond motifs is 2. The third-order valence-electron chi connectivity index (χ3n) is 6.67. The molecule has 0 radical (unpaired) electrons. The zero-order valence-electron chi connectivity index (χ0n) is 17.9. The minimum absolute atomic E-state index is 0.0365. The van der Waals surface area contributed by atoms with Gasteiger partial charge in [-0.25, -0.2) is 0 Å². The molecule has 0 aliphatic carbocycles. The highest BCUT2D eigenvalue weighted by Crippen LogP contribution is 2.28. The van der Waals surface area contributed by atoms with E-state index in [1.165, 1.54) is 10.9 Å². The fraction of sp³-hybridized carbons (Fsp3) is 0.458. The highest BCUT2D eigenvalue weighted by Gasteiger charge is 2.38. The molecule has 2 N–H and O–H groups in total. The molecule has 2 aliphatic heterocycles. The van der Waals surface area contributed by atoms with Crippen LogP contribution in [-0.2, 0) is 24.4 Å². The number of piperazine rings is 1. The van der Waals surface area contributed by atoms with E-state index >= 15 is 0 Å². The minimum Gasteiger partial charge on any atom is -0.467 e. The first-order valence-electron chi connectivity index (χ1n) is 11.1. The number of rotatable bonds is 6. The van der Waals surface area contributed by atoms with Crippen molar-refractivity contribution in [3.63, 3.8) is 0 Å². The molecular weight excluding hydrogens is 392 g/mol. The summed E-state index contributed by atoms with van der Waals surface area (Å²) in [5, 5.41) is 14.2. The maximum atomic E-state index is 12.5. The van der Waals surface area contributed by atoms with Crippen molar-refractivity contribution in [2.75, 3.05) is 19.6 Å². The molecule has 31 heavy (non-hydrogen) atoms. The lowest BCUT2D eigenvalue weighted by molar-refractivity contribution is -0.121. The summed E-state index contributed by atoms with van der Waals surface area (Å²) in [4.78, 5) is 17.5. The van der Waals surface area contributed by atoms with E-state index in [1.54, 1.807) is 6.26 Å². The van der Waals surface area contributed by atoms with Gasteiger partial charge in [0.25, 0.3) is 0 Å². The number of benzene rings is 1. The van der Waals surface area contributed by atoms with Crippen LogP contribution in [0.2, 0.25) is 0 Å². The van der Waals surface area contributed by atoms with Gasteiger partial charge in [-0.05, 0) is 37.1 Å². The first kappa shape index (κ1) is 20.3. The predicted molar refractivity (Wildman–Crippen MR) is 118 cm³/mol. The number of furan rings is 1. The Morgan fingerprint density at radius 1 is 1.19 bits per heavy atom. The summed E-state index contributed by atoms with van der Waals surface area (Å²) in [5.41, 5.74) is 2.32. The number of amides is 1. The van der Waals surface area contributed by atoms with Crippen molar-refractivity contribution < 1.29 is 14.3 Å². The molecule has 7 nitrogen and oxygen atoms in total. The van der Waals surface area contributed by atoms with Gasteiger partial charge in [-0.2, -0.15) is 0 Å². The lowest BCUT2D eigenvalue weighted by atomic mass is 10.1. The molecule has 7 heteroatoms. The molecule has 0 saturated carbocycles. The van der Waals surface area contributed by atoms with Gasteiger partial charge in [0.05, 0.1) is 18.9 Å². The number of carbonyl (C=O) groups is 1. The quantitative estimate of drug-likeness (QED) is 0.637. The normalized spacial score (nSPS) is 24.5. The third kappa shape index (κ3) is 4.26. The Bertz CT molecular complexity index is 1040. The second-order valence-electron chi connectivity index (χ2n) is 8.93. The molecule has 0 bridgehead atoms. The average Bonchev–Trinajstić information content (AvgIpc) is 3.47. The lowest BCUT2D eigenvalue weighted by Crippen LogP contribution is -2.54. The summed E-state index contributed by atoms with van der Waals surface area (Å²) in [6.07, 6.45) is 4.40. The van der Waals surface area contributed by atoms with Crippen LogP contribution in [0.4, 0.5) is 0 Å². The highest BCUT2D eigenvalue weighted by molar-refractivity contribution is 5.86. The number of aromatic nitrogens is 1. The molecule has 3 atom stereocenters. The number of carbonyl (C=O) groups excluding carboxylic acids is 1. The van der Waals surface area contributed by atoms with E-state index < -0.39 is 0 Å². The molecule has 2 fully saturated rings. The van der Waals surface area contributed by atoms with Crippen LogP contribution in [0.5, 0.6) is 0 Å². The third-order valence-corrected chi connectivity index (χ3v) is 6.67. The minimum atomic E-state index is -0.196. The smallest absolute Gasteiger partial charge is 0.240 e. The number of nitrogens with zero attached hydrogens (tertiary/aromatic N) is 3. The second kappa shape index (κ2) is 8.49.